The first-order valence-corrected chi connectivity index (χ1v) is 7.86. The number of ether oxygens (including phenoxy) is 1. The molecule has 1 saturated carbocycles. The van der Waals surface area contributed by atoms with Gasteiger partial charge in [0.2, 0.25) is 10.0 Å². The molecule has 0 bridgehead atoms. The van der Waals surface area contributed by atoms with Crippen molar-refractivity contribution in [3.63, 3.8) is 0 Å². The maximum atomic E-state index is 11.9. The van der Waals surface area contributed by atoms with Gasteiger partial charge in [-0.3, -0.25) is 0 Å². The van der Waals surface area contributed by atoms with Crippen molar-refractivity contribution >= 4 is 10.0 Å². The van der Waals surface area contributed by atoms with E-state index in [1.165, 1.54) is 20.0 Å². The smallest absolute Gasteiger partial charge is 0.214 e. The summed E-state index contributed by atoms with van der Waals surface area (Å²) in [6.45, 7) is 2.11. The van der Waals surface area contributed by atoms with Crippen LogP contribution in [-0.4, -0.2) is 40.0 Å². The maximum Gasteiger partial charge on any atom is 0.214 e. The molecule has 2 atom stereocenters. The molecule has 2 unspecified atom stereocenters. The molecule has 0 spiro atoms. The SMILES string of the molecule is COC(C)CS(=O)(=O)NC(CN)C1CCCC1. The summed E-state index contributed by atoms with van der Waals surface area (Å²) in [7, 11) is -1.79. The molecule has 1 aliphatic rings. The third-order valence-electron chi connectivity index (χ3n) is 3.41. The molecule has 0 saturated heterocycles. The van der Waals surface area contributed by atoms with Crippen molar-refractivity contribution in [3.8, 4) is 0 Å². The number of nitrogens with two attached hydrogens (primary N) is 1. The number of hydrogen-bond acceptors (Lipinski definition) is 4. The van der Waals surface area contributed by atoms with Gasteiger partial charge >= 0.3 is 0 Å². The molecule has 0 amide bonds. The van der Waals surface area contributed by atoms with E-state index in [1.54, 1.807) is 6.92 Å². The first kappa shape index (κ1) is 14.9. The Labute approximate surface area is 104 Å². The molecule has 1 rings (SSSR count). The molecule has 3 N–H and O–H groups in total. The lowest BCUT2D eigenvalue weighted by molar-refractivity contribution is 0.136. The van der Waals surface area contributed by atoms with E-state index >= 15 is 0 Å². The third-order valence-corrected chi connectivity index (χ3v) is 4.98. The quantitative estimate of drug-likeness (QED) is 0.700. The standard InChI is InChI=1S/C11H24N2O3S/c1-9(16-2)8-17(14,15)13-11(7-12)10-5-3-4-6-10/h9-11,13H,3-8,12H2,1-2H3. The Morgan fingerprint density at radius 1 is 1.41 bits per heavy atom. The molecule has 0 aromatic rings. The van der Waals surface area contributed by atoms with Gasteiger partial charge in [0, 0.05) is 19.7 Å². The fourth-order valence-electron chi connectivity index (χ4n) is 2.35. The van der Waals surface area contributed by atoms with Crippen molar-refractivity contribution in [2.24, 2.45) is 11.7 Å². The molecule has 0 aliphatic heterocycles. The monoisotopic (exact) mass is 264 g/mol. The van der Waals surface area contributed by atoms with Crippen molar-refractivity contribution in [3.05, 3.63) is 0 Å². The minimum Gasteiger partial charge on any atom is -0.381 e. The van der Waals surface area contributed by atoms with Gasteiger partial charge in [0.05, 0.1) is 11.9 Å². The normalized spacial score (nSPS) is 21.6. The van der Waals surface area contributed by atoms with E-state index in [0.29, 0.717) is 12.5 Å². The molecular formula is C11H24N2O3S. The Kier molecular flexibility index (Phi) is 5.85. The van der Waals surface area contributed by atoms with E-state index in [2.05, 4.69) is 4.72 Å². The van der Waals surface area contributed by atoms with Gasteiger partial charge in [-0.1, -0.05) is 12.8 Å². The number of nitrogens with one attached hydrogen (secondary N) is 1. The van der Waals surface area contributed by atoms with Crippen molar-refractivity contribution in [2.45, 2.75) is 44.8 Å². The molecule has 102 valence electrons. The van der Waals surface area contributed by atoms with Crippen LogP contribution in [0.3, 0.4) is 0 Å². The molecule has 0 aromatic heterocycles. The van der Waals surface area contributed by atoms with Crippen LogP contribution in [-0.2, 0) is 14.8 Å². The zero-order chi connectivity index (χ0) is 12.9. The molecule has 1 aliphatic carbocycles. The van der Waals surface area contributed by atoms with Gasteiger partial charge in [-0.05, 0) is 25.7 Å². The van der Waals surface area contributed by atoms with Crippen LogP contribution in [0.1, 0.15) is 32.6 Å². The van der Waals surface area contributed by atoms with Crippen LogP contribution >= 0.6 is 0 Å². The lowest BCUT2D eigenvalue weighted by atomic mass is 9.99. The van der Waals surface area contributed by atoms with Gasteiger partial charge in [-0.2, -0.15) is 0 Å². The predicted molar refractivity (Wildman–Crippen MR) is 68.2 cm³/mol. The fourth-order valence-corrected chi connectivity index (χ4v) is 3.95. The summed E-state index contributed by atoms with van der Waals surface area (Å²) in [5.74, 6) is 0.389. The molecule has 0 radical (unpaired) electrons. The van der Waals surface area contributed by atoms with Gasteiger partial charge < -0.3 is 10.5 Å². The van der Waals surface area contributed by atoms with E-state index in [-0.39, 0.29) is 17.9 Å². The summed E-state index contributed by atoms with van der Waals surface area (Å²) in [4.78, 5) is 0. The zero-order valence-corrected chi connectivity index (χ0v) is 11.5. The average Bonchev–Trinajstić information content (AvgIpc) is 2.78. The zero-order valence-electron chi connectivity index (χ0n) is 10.7. The van der Waals surface area contributed by atoms with E-state index in [1.807, 2.05) is 0 Å². The van der Waals surface area contributed by atoms with Gasteiger partial charge in [0.15, 0.2) is 0 Å². The highest BCUT2D eigenvalue weighted by Gasteiger charge is 2.28. The number of sulfonamides is 1. The number of hydrogen-bond donors (Lipinski definition) is 2. The van der Waals surface area contributed by atoms with Crippen molar-refractivity contribution in [1.82, 2.24) is 4.72 Å². The Morgan fingerprint density at radius 3 is 2.47 bits per heavy atom. The van der Waals surface area contributed by atoms with Crippen LogP contribution < -0.4 is 10.5 Å². The highest BCUT2D eigenvalue weighted by molar-refractivity contribution is 7.89. The highest BCUT2D eigenvalue weighted by atomic mass is 32.2. The second kappa shape index (κ2) is 6.68. The number of methoxy groups -OCH3 is 1. The Morgan fingerprint density at radius 2 is 2.00 bits per heavy atom. The van der Waals surface area contributed by atoms with Crippen molar-refractivity contribution < 1.29 is 13.2 Å². The molecule has 6 heteroatoms. The Balaban J connectivity index is 2.54. The van der Waals surface area contributed by atoms with Crippen LogP contribution in [0.5, 0.6) is 0 Å². The van der Waals surface area contributed by atoms with Crippen LogP contribution in [0.25, 0.3) is 0 Å². The summed E-state index contributed by atoms with van der Waals surface area (Å²) in [5.41, 5.74) is 5.66. The van der Waals surface area contributed by atoms with Gasteiger partial charge in [-0.25, -0.2) is 13.1 Å². The maximum absolute atomic E-state index is 11.9. The largest absolute Gasteiger partial charge is 0.381 e. The van der Waals surface area contributed by atoms with Crippen LogP contribution in [0.15, 0.2) is 0 Å². The summed E-state index contributed by atoms with van der Waals surface area (Å²) in [6.07, 6.45) is 4.21. The minimum absolute atomic E-state index is 0.00722. The first-order chi connectivity index (χ1) is 7.98. The third kappa shape index (κ3) is 4.91. The lowest BCUT2D eigenvalue weighted by Crippen LogP contribution is -2.46. The topological polar surface area (TPSA) is 81.4 Å². The summed E-state index contributed by atoms with van der Waals surface area (Å²) >= 11 is 0. The van der Waals surface area contributed by atoms with Crippen molar-refractivity contribution in [2.75, 3.05) is 19.4 Å². The Bertz CT molecular complexity index is 313. The molecular weight excluding hydrogens is 240 g/mol. The lowest BCUT2D eigenvalue weighted by Gasteiger charge is -2.23. The predicted octanol–water partition coefficient (Wildman–Crippen LogP) is 0.458. The first-order valence-electron chi connectivity index (χ1n) is 6.21. The van der Waals surface area contributed by atoms with E-state index < -0.39 is 10.0 Å². The highest BCUT2D eigenvalue weighted by Crippen LogP contribution is 2.27. The average molecular weight is 264 g/mol. The fraction of sp³-hybridized carbons (Fsp3) is 1.00. The van der Waals surface area contributed by atoms with E-state index in [0.717, 1.165) is 12.8 Å². The minimum atomic E-state index is -3.30. The second-order valence-corrected chi connectivity index (χ2v) is 6.63. The second-order valence-electron chi connectivity index (χ2n) is 4.83. The molecule has 0 aromatic carbocycles. The molecule has 5 nitrogen and oxygen atoms in total. The summed E-state index contributed by atoms with van der Waals surface area (Å²) in [5, 5.41) is 0. The molecule has 0 heterocycles. The Hall–Kier alpha value is -0.170. The summed E-state index contributed by atoms with van der Waals surface area (Å²) < 4.78 is 31.5. The van der Waals surface area contributed by atoms with Gasteiger partial charge in [0.1, 0.15) is 0 Å². The van der Waals surface area contributed by atoms with Gasteiger partial charge in [0.25, 0.3) is 0 Å². The van der Waals surface area contributed by atoms with Crippen LogP contribution in [0, 0.1) is 5.92 Å². The van der Waals surface area contributed by atoms with Gasteiger partial charge in [-0.15, -0.1) is 0 Å². The van der Waals surface area contributed by atoms with E-state index in [9.17, 15) is 8.42 Å². The van der Waals surface area contributed by atoms with Crippen molar-refractivity contribution in [1.29, 1.82) is 0 Å². The molecule has 1 fully saturated rings. The number of rotatable bonds is 7. The summed E-state index contributed by atoms with van der Waals surface area (Å²) in [6, 6.07) is -0.119. The van der Waals surface area contributed by atoms with Crippen LogP contribution in [0.4, 0.5) is 0 Å². The van der Waals surface area contributed by atoms with Crippen LogP contribution in [0.2, 0.25) is 0 Å². The molecule has 17 heavy (non-hydrogen) atoms. The van der Waals surface area contributed by atoms with E-state index in [4.69, 9.17) is 10.5 Å².